The summed E-state index contributed by atoms with van der Waals surface area (Å²) in [5.41, 5.74) is 0. The van der Waals surface area contributed by atoms with Gasteiger partial charge in [0.05, 0.1) is 0 Å². The number of imidazole rings is 2. The van der Waals surface area contributed by atoms with Crippen molar-refractivity contribution in [3.05, 3.63) is 30.6 Å². The molecule has 2 aromatic rings. The van der Waals surface area contributed by atoms with Crippen LogP contribution < -0.4 is 0 Å². The van der Waals surface area contributed by atoms with Gasteiger partial charge in [-0.2, -0.15) is 0 Å². The van der Waals surface area contributed by atoms with Gasteiger partial charge in [0.1, 0.15) is 5.82 Å². The largest absolute Gasteiger partial charge is 0.317 e. The predicted octanol–water partition coefficient (Wildman–Crippen LogP) is 2.04. The number of aryl methyl sites for hydroxylation is 2. The number of aromatic nitrogens is 4. The van der Waals surface area contributed by atoms with Crippen LogP contribution in [0.3, 0.4) is 0 Å². The van der Waals surface area contributed by atoms with E-state index < -0.39 is 0 Å². The van der Waals surface area contributed by atoms with E-state index >= 15 is 0 Å². The van der Waals surface area contributed by atoms with E-state index in [-0.39, 0.29) is 0 Å². The molecule has 0 aliphatic heterocycles. The summed E-state index contributed by atoms with van der Waals surface area (Å²) in [5.74, 6) is 2.04. The Kier molecular flexibility index (Phi) is 2.85. The molecule has 0 aliphatic rings. The van der Waals surface area contributed by atoms with Gasteiger partial charge in [-0.15, -0.1) is 0 Å². The van der Waals surface area contributed by atoms with Crippen LogP contribution in [-0.2, 0) is 13.0 Å². The molecule has 2 aromatic heterocycles. The van der Waals surface area contributed by atoms with Crippen molar-refractivity contribution in [2.75, 3.05) is 0 Å². The van der Waals surface area contributed by atoms with Crippen LogP contribution in [0.4, 0.5) is 0 Å². The van der Waals surface area contributed by atoms with Crippen molar-refractivity contribution in [3.63, 3.8) is 0 Å². The second-order valence-electron chi connectivity index (χ2n) is 3.48. The van der Waals surface area contributed by atoms with Gasteiger partial charge in [-0.3, -0.25) is 4.57 Å². The molecule has 0 amide bonds. The first-order chi connectivity index (χ1) is 7.36. The highest BCUT2D eigenvalue weighted by Gasteiger charge is 2.08. The first-order valence-electron chi connectivity index (χ1n) is 5.40. The predicted molar refractivity (Wildman–Crippen MR) is 59.0 cm³/mol. The second kappa shape index (κ2) is 4.29. The first kappa shape index (κ1) is 9.96. The van der Waals surface area contributed by atoms with E-state index in [1.165, 1.54) is 0 Å². The molecule has 15 heavy (non-hydrogen) atoms. The van der Waals surface area contributed by atoms with Crippen molar-refractivity contribution < 1.29 is 0 Å². The lowest BCUT2D eigenvalue weighted by Gasteiger charge is -2.08. The summed E-state index contributed by atoms with van der Waals surface area (Å²) >= 11 is 0. The molecule has 0 spiro atoms. The van der Waals surface area contributed by atoms with Gasteiger partial charge >= 0.3 is 0 Å². The third-order valence-electron chi connectivity index (χ3n) is 2.44. The summed E-state index contributed by atoms with van der Waals surface area (Å²) in [6, 6.07) is 0. The Morgan fingerprint density at radius 3 is 2.67 bits per heavy atom. The van der Waals surface area contributed by atoms with Crippen molar-refractivity contribution in [2.24, 2.45) is 0 Å². The first-order valence-corrected chi connectivity index (χ1v) is 5.40. The zero-order valence-electron chi connectivity index (χ0n) is 9.22. The lowest BCUT2D eigenvalue weighted by atomic mass is 10.3. The molecule has 0 saturated carbocycles. The van der Waals surface area contributed by atoms with Gasteiger partial charge in [0.15, 0.2) is 0 Å². The second-order valence-corrected chi connectivity index (χ2v) is 3.48. The fourth-order valence-corrected chi connectivity index (χ4v) is 1.69. The van der Waals surface area contributed by atoms with Crippen LogP contribution in [0.2, 0.25) is 0 Å². The van der Waals surface area contributed by atoms with E-state index in [1.54, 1.807) is 0 Å². The number of nitrogens with zero attached hydrogens (tertiary/aromatic N) is 4. The minimum Gasteiger partial charge on any atom is -0.317 e. The van der Waals surface area contributed by atoms with Crippen LogP contribution in [0.15, 0.2) is 24.8 Å². The lowest BCUT2D eigenvalue weighted by molar-refractivity contribution is 0.695. The molecule has 0 aliphatic carbocycles. The van der Waals surface area contributed by atoms with E-state index in [4.69, 9.17) is 0 Å². The van der Waals surface area contributed by atoms with Crippen molar-refractivity contribution in [2.45, 2.75) is 33.2 Å². The Morgan fingerprint density at radius 2 is 1.93 bits per heavy atom. The Balaban J connectivity index is 2.40. The van der Waals surface area contributed by atoms with Crippen LogP contribution in [0.25, 0.3) is 5.95 Å². The summed E-state index contributed by atoms with van der Waals surface area (Å²) in [4.78, 5) is 8.71. The molecular formula is C11H16N4. The van der Waals surface area contributed by atoms with Crippen LogP contribution in [0, 0.1) is 0 Å². The lowest BCUT2D eigenvalue weighted by Crippen LogP contribution is -2.07. The molecular weight excluding hydrogens is 188 g/mol. The van der Waals surface area contributed by atoms with E-state index in [9.17, 15) is 0 Å². The topological polar surface area (TPSA) is 35.6 Å². The molecule has 0 N–H and O–H groups in total. The maximum atomic E-state index is 4.36. The van der Waals surface area contributed by atoms with Crippen LogP contribution in [0.5, 0.6) is 0 Å². The standard InChI is InChI=1S/C11H16N4/c1-3-5-10-12-7-9-15(10)11-13-6-8-14(11)4-2/h6-9H,3-5H2,1-2H3. The van der Waals surface area contributed by atoms with Crippen molar-refractivity contribution in [1.82, 2.24) is 19.1 Å². The zero-order valence-corrected chi connectivity index (χ0v) is 9.22. The van der Waals surface area contributed by atoms with Crippen LogP contribution in [0.1, 0.15) is 26.1 Å². The van der Waals surface area contributed by atoms with Gasteiger partial charge in [0, 0.05) is 37.8 Å². The number of rotatable bonds is 4. The minimum atomic E-state index is 0.930. The molecule has 4 heteroatoms. The highest BCUT2D eigenvalue weighted by molar-refractivity contribution is 5.17. The van der Waals surface area contributed by atoms with Crippen LogP contribution >= 0.6 is 0 Å². The molecule has 4 nitrogen and oxygen atoms in total. The van der Waals surface area contributed by atoms with Crippen molar-refractivity contribution in [3.8, 4) is 5.95 Å². The number of hydrogen-bond donors (Lipinski definition) is 0. The van der Waals surface area contributed by atoms with Gasteiger partial charge in [0.25, 0.3) is 0 Å². The van der Waals surface area contributed by atoms with Gasteiger partial charge in [-0.1, -0.05) is 6.92 Å². The summed E-state index contributed by atoms with van der Waals surface area (Å²) in [6.07, 6.45) is 9.71. The monoisotopic (exact) mass is 204 g/mol. The summed E-state index contributed by atoms with van der Waals surface area (Å²) in [6.45, 7) is 5.20. The summed E-state index contributed by atoms with van der Waals surface area (Å²) < 4.78 is 4.17. The molecule has 80 valence electrons. The van der Waals surface area contributed by atoms with Crippen LogP contribution in [-0.4, -0.2) is 19.1 Å². The molecule has 2 heterocycles. The molecule has 2 rings (SSSR count). The fraction of sp³-hybridized carbons (Fsp3) is 0.455. The van der Waals surface area contributed by atoms with Crippen molar-refractivity contribution >= 4 is 0 Å². The highest BCUT2D eigenvalue weighted by atomic mass is 15.2. The number of hydrogen-bond acceptors (Lipinski definition) is 2. The molecule has 0 fully saturated rings. The normalized spacial score (nSPS) is 10.8. The Bertz CT molecular complexity index is 427. The zero-order chi connectivity index (χ0) is 10.7. The van der Waals surface area contributed by atoms with E-state index in [0.717, 1.165) is 31.2 Å². The van der Waals surface area contributed by atoms with Gasteiger partial charge in [-0.05, 0) is 13.3 Å². The molecule has 0 atom stereocenters. The average Bonchev–Trinajstić information content (AvgIpc) is 2.84. The average molecular weight is 204 g/mol. The SMILES string of the molecule is CCCc1nccn1-c1nccn1CC. The maximum absolute atomic E-state index is 4.36. The summed E-state index contributed by atoms with van der Waals surface area (Å²) in [7, 11) is 0. The smallest absolute Gasteiger partial charge is 0.215 e. The Morgan fingerprint density at radius 1 is 1.13 bits per heavy atom. The Labute approximate surface area is 89.6 Å². The molecule has 0 unspecified atom stereocenters. The third-order valence-corrected chi connectivity index (χ3v) is 2.44. The van der Waals surface area contributed by atoms with E-state index in [0.29, 0.717) is 0 Å². The van der Waals surface area contributed by atoms with E-state index in [1.807, 2.05) is 24.8 Å². The van der Waals surface area contributed by atoms with Gasteiger partial charge in [0.2, 0.25) is 5.95 Å². The van der Waals surface area contributed by atoms with Crippen molar-refractivity contribution in [1.29, 1.82) is 0 Å². The van der Waals surface area contributed by atoms with Gasteiger partial charge < -0.3 is 4.57 Å². The van der Waals surface area contributed by atoms with E-state index in [2.05, 4.69) is 32.9 Å². The molecule has 0 radical (unpaired) electrons. The maximum Gasteiger partial charge on any atom is 0.215 e. The molecule has 0 aromatic carbocycles. The quantitative estimate of drug-likeness (QED) is 0.764. The fourth-order valence-electron chi connectivity index (χ4n) is 1.69. The Hall–Kier alpha value is -1.58. The molecule has 0 bridgehead atoms. The minimum absolute atomic E-state index is 0.930. The summed E-state index contributed by atoms with van der Waals surface area (Å²) in [5, 5.41) is 0. The highest BCUT2D eigenvalue weighted by Crippen LogP contribution is 2.10. The third kappa shape index (κ3) is 1.79. The van der Waals surface area contributed by atoms with Gasteiger partial charge in [-0.25, -0.2) is 9.97 Å². The molecule has 0 saturated heterocycles.